The van der Waals surface area contributed by atoms with Crippen molar-refractivity contribution in [2.24, 2.45) is 0 Å². The number of hydrogen-bond donors (Lipinski definition) is 3. The summed E-state index contributed by atoms with van der Waals surface area (Å²) in [6, 6.07) is 8.73. The fraction of sp³-hybridized carbons (Fsp3) is 0.286. The Kier molecular flexibility index (Phi) is 8.37. The highest BCUT2D eigenvalue weighted by molar-refractivity contribution is 7.98. The molecule has 7 heteroatoms. The van der Waals surface area contributed by atoms with Gasteiger partial charge < -0.3 is 15.6 Å². The molecule has 0 unspecified atom stereocenters. The van der Waals surface area contributed by atoms with Crippen LogP contribution in [0.5, 0.6) is 0 Å². The Bertz CT molecular complexity index is 881. The van der Waals surface area contributed by atoms with Gasteiger partial charge in [-0.15, -0.1) is 6.42 Å². The molecule has 0 aliphatic carbocycles. The molecule has 2 rings (SSSR count). The van der Waals surface area contributed by atoms with Crippen molar-refractivity contribution in [3.05, 3.63) is 65.0 Å². The van der Waals surface area contributed by atoms with Crippen LogP contribution in [0.4, 0.5) is 0 Å². The number of thioether (sulfide) groups is 1. The molecular weight excluding hydrogens is 372 g/mol. The Labute approximate surface area is 169 Å². The molecule has 0 aliphatic heterocycles. The molecule has 2 aromatic rings. The first kappa shape index (κ1) is 21.3. The van der Waals surface area contributed by atoms with Crippen molar-refractivity contribution in [2.75, 3.05) is 18.8 Å². The van der Waals surface area contributed by atoms with Crippen LogP contribution < -0.4 is 10.6 Å². The maximum absolute atomic E-state index is 12.8. The second-order valence-corrected chi connectivity index (χ2v) is 7.11. The molecule has 0 atom stereocenters. The number of carbonyl (C=O) groups excluding carboxylic acids is 2. The largest absolute Gasteiger partial charge is 0.370 e. The maximum atomic E-state index is 12.8. The number of aromatic amines is 1. The van der Waals surface area contributed by atoms with Gasteiger partial charge in [0.1, 0.15) is 11.4 Å². The Balaban J connectivity index is 2.07. The summed E-state index contributed by atoms with van der Waals surface area (Å²) < 4.78 is 0. The molecule has 146 valence electrons. The molecular formula is C21H24N4O2S. The second-order valence-electron chi connectivity index (χ2n) is 6.00. The number of H-pyrrole nitrogens is 1. The lowest BCUT2D eigenvalue weighted by Gasteiger charge is -2.16. The average molecular weight is 397 g/mol. The first-order chi connectivity index (χ1) is 13.5. The monoisotopic (exact) mass is 396 g/mol. The quantitative estimate of drug-likeness (QED) is 0.135. The number of benzene rings is 1. The van der Waals surface area contributed by atoms with Crippen LogP contribution >= 0.6 is 11.8 Å². The van der Waals surface area contributed by atoms with Gasteiger partial charge in [-0.3, -0.25) is 9.59 Å². The van der Waals surface area contributed by atoms with Crippen molar-refractivity contribution in [1.29, 1.82) is 0 Å². The van der Waals surface area contributed by atoms with Crippen LogP contribution in [0.3, 0.4) is 0 Å². The van der Waals surface area contributed by atoms with Crippen LogP contribution in [0.25, 0.3) is 0 Å². The lowest BCUT2D eigenvalue weighted by Crippen LogP contribution is -2.33. The number of allylic oxidation sites excluding steroid dienone is 1. The number of aryl methyl sites for hydroxylation is 1. The van der Waals surface area contributed by atoms with E-state index < -0.39 is 0 Å². The van der Waals surface area contributed by atoms with Crippen LogP contribution in [0.1, 0.15) is 28.7 Å². The molecule has 0 fully saturated rings. The Morgan fingerprint density at radius 1 is 1.25 bits per heavy atom. The zero-order valence-electron chi connectivity index (χ0n) is 16.0. The number of aromatic nitrogens is 2. The van der Waals surface area contributed by atoms with Gasteiger partial charge in [0.15, 0.2) is 11.6 Å². The van der Waals surface area contributed by atoms with Crippen molar-refractivity contribution in [2.45, 2.75) is 19.6 Å². The highest BCUT2D eigenvalue weighted by atomic mass is 32.2. The molecule has 0 saturated heterocycles. The zero-order chi connectivity index (χ0) is 20.4. The van der Waals surface area contributed by atoms with Gasteiger partial charge in [0.2, 0.25) is 0 Å². The number of imidazole rings is 1. The van der Waals surface area contributed by atoms with Crippen LogP contribution in [-0.2, 0) is 10.5 Å². The molecule has 3 N–H and O–H groups in total. The van der Waals surface area contributed by atoms with Crippen molar-refractivity contribution in [3.8, 4) is 12.3 Å². The summed E-state index contributed by atoms with van der Waals surface area (Å²) in [7, 11) is 0. The van der Waals surface area contributed by atoms with Crippen molar-refractivity contribution in [3.63, 3.8) is 0 Å². The molecule has 0 saturated carbocycles. The van der Waals surface area contributed by atoms with Crippen molar-refractivity contribution in [1.82, 2.24) is 20.6 Å². The summed E-state index contributed by atoms with van der Waals surface area (Å²) in [5.74, 6) is 3.79. The molecule has 1 aromatic carbocycles. The molecule has 6 nitrogen and oxygen atoms in total. The van der Waals surface area contributed by atoms with E-state index in [4.69, 9.17) is 6.42 Å². The minimum absolute atomic E-state index is 0.0795. The summed E-state index contributed by atoms with van der Waals surface area (Å²) >= 11 is 1.72. The smallest absolute Gasteiger partial charge is 0.200 e. The van der Waals surface area contributed by atoms with E-state index in [-0.39, 0.29) is 23.7 Å². The molecule has 0 bridgehead atoms. The van der Waals surface area contributed by atoms with Crippen molar-refractivity contribution >= 4 is 23.3 Å². The summed E-state index contributed by atoms with van der Waals surface area (Å²) in [4.78, 5) is 32.4. The summed E-state index contributed by atoms with van der Waals surface area (Å²) in [5.41, 5.74) is 2.62. The fourth-order valence-electron chi connectivity index (χ4n) is 2.52. The van der Waals surface area contributed by atoms with E-state index in [0.717, 1.165) is 22.9 Å². The summed E-state index contributed by atoms with van der Waals surface area (Å²) in [6.07, 6.45) is 7.02. The minimum Gasteiger partial charge on any atom is -0.370 e. The third-order valence-corrected chi connectivity index (χ3v) is 4.95. The second kappa shape index (κ2) is 11.0. The van der Waals surface area contributed by atoms with Gasteiger partial charge in [-0.05, 0) is 13.8 Å². The molecule has 0 radical (unpaired) electrons. The number of ketones is 2. The maximum Gasteiger partial charge on any atom is 0.200 e. The van der Waals surface area contributed by atoms with Gasteiger partial charge in [-0.1, -0.05) is 36.3 Å². The average Bonchev–Trinajstić information content (AvgIpc) is 3.10. The van der Waals surface area contributed by atoms with E-state index in [1.165, 1.54) is 6.92 Å². The van der Waals surface area contributed by atoms with Gasteiger partial charge in [-0.2, -0.15) is 11.8 Å². The number of Topliss-reactive ketones (excluding diaryl/α,β-unsaturated/α-hetero) is 2. The molecule has 0 spiro atoms. The molecule has 1 aromatic heterocycles. The third-order valence-electron chi connectivity index (χ3n) is 3.96. The molecule has 0 aliphatic rings. The molecule has 1 heterocycles. The Morgan fingerprint density at radius 2 is 2.00 bits per heavy atom. The van der Waals surface area contributed by atoms with E-state index in [9.17, 15) is 9.59 Å². The van der Waals surface area contributed by atoms with E-state index in [2.05, 4.69) is 26.5 Å². The van der Waals surface area contributed by atoms with Gasteiger partial charge in [-0.25, -0.2) is 4.98 Å². The first-order valence-corrected chi connectivity index (χ1v) is 10.0. The number of nitrogens with one attached hydrogen (secondary N) is 3. The standard InChI is InChI=1S/C21H24N4O2S/c1-4-10-22-21(23-11-12-28-13-18-15(2)24-14-25-18)19(16(3)26)20(27)17-8-6-5-7-9-17/h1,5-9,14,22-23H,10-13H2,2-3H3,(H,24,25). The van der Waals surface area contributed by atoms with E-state index in [1.807, 2.05) is 13.0 Å². The predicted octanol–water partition coefficient (Wildman–Crippen LogP) is 2.45. The highest BCUT2D eigenvalue weighted by Crippen LogP contribution is 2.14. The number of carbonyl (C=O) groups is 2. The normalized spacial score (nSPS) is 11.3. The Hall–Kier alpha value is -2.98. The first-order valence-electron chi connectivity index (χ1n) is 8.87. The van der Waals surface area contributed by atoms with E-state index in [1.54, 1.807) is 42.4 Å². The summed E-state index contributed by atoms with van der Waals surface area (Å²) in [5, 5.41) is 6.15. The number of nitrogens with zero attached hydrogens (tertiary/aromatic N) is 1. The van der Waals surface area contributed by atoms with Gasteiger partial charge in [0.25, 0.3) is 0 Å². The third kappa shape index (κ3) is 6.03. The van der Waals surface area contributed by atoms with Gasteiger partial charge >= 0.3 is 0 Å². The topological polar surface area (TPSA) is 86.9 Å². The van der Waals surface area contributed by atoms with Crippen LogP contribution in [0.15, 0.2) is 48.1 Å². The van der Waals surface area contributed by atoms with Gasteiger partial charge in [0.05, 0.1) is 18.6 Å². The van der Waals surface area contributed by atoms with Crippen molar-refractivity contribution < 1.29 is 9.59 Å². The molecule has 0 amide bonds. The zero-order valence-corrected chi connectivity index (χ0v) is 16.9. The highest BCUT2D eigenvalue weighted by Gasteiger charge is 2.21. The van der Waals surface area contributed by atoms with E-state index in [0.29, 0.717) is 17.9 Å². The number of hydrogen-bond acceptors (Lipinski definition) is 6. The summed E-state index contributed by atoms with van der Waals surface area (Å²) in [6.45, 7) is 4.12. The Morgan fingerprint density at radius 3 is 2.61 bits per heavy atom. The predicted molar refractivity (Wildman–Crippen MR) is 113 cm³/mol. The molecule has 28 heavy (non-hydrogen) atoms. The van der Waals surface area contributed by atoms with E-state index >= 15 is 0 Å². The SMILES string of the molecule is C#CCNC(NCCSCc1[nH]cnc1C)=C(C(C)=O)C(=O)c1ccccc1. The lowest BCUT2D eigenvalue weighted by atomic mass is 10.0. The lowest BCUT2D eigenvalue weighted by molar-refractivity contribution is -0.113. The van der Waals surface area contributed by atoms with Crippen LogP contribution in [0.2, 0.25) is 0 Å². The number of rotatable bonds is 11. The van der Waals surface area contributed by atoms with Crippen LogP contribution in [-0.4, -0.2) is 40.4 Å². The number of terminal acetylenes is 1. The van der Waals surface area contributed by atoms with Gasteiger partial charge in [0, 0.05) is 29.3 Å². The van der Waals surface area contributed by atoms with Crippen LogP contribution in [0, 0.1) is 19.3 Å². The fourth-order valence-corrected chi connectivity index (χ4v) is 3.41. The minimum atomic E-state index is -0.333.